The first-order chi connectivity index (χ1) is 12.8. The highest BCUT2D eigenvalue weighted by molar-refractivity contribution is 5.63. The Hall–Kier alpha value is -2.26. The second-order valence-electron chi connectivity index (χ2n) is 7.27. The lowest BCUT2D eigenvalue weighted by atomic mass is 9.93. The van der Waals surface area contributed by atoms with Crippen LogP contribution >= 0.6 is 0 Å². The largest absolute Gasteiger partial charge is 0.497 e. The number of benzene rings is 2. The number of methoxy groups -OCH3 is 1. The molecule has 2 aromatic rings. The molecule has 0 saturated heterocycles. The van der Waals surface area contributed by atoms with Gasteiger partial charge in [0.25, 0.3) is 0 Å². The van der Waals surface area contributed by atoms with E-state index in [1.165, 1.54) is 29.8 Å². The molecule has 1 unspecified atom stereocenters. The van der Waals surface area contributed by atoms with E-state index in [4.69, 9.17) is 4.74 Å². The predicted octanol–water partition coefficient (Wildman–Crippen LogP) is 4.30. The van der Waals surface area contributed by atoms with Crippen molar-refractivity contribution in [2.75, 3.05) is 44.7 Å². The van der Waals surface area contributed by atoms with Gasteiger partial charge in [0.2, 0.25) is 0 Å². The number of likely N-dealkylation sites (N-methyl/N-ethyl adjacent to an activating group) is 1. The van der Waals surface area contributed by atoms with Crippen molar-refractivity contribution in [3.63, 3.8) is 0 Å². The molecule has 4 rings (SSSR count). The molecule has 0 aliphatic carbocycles. The van der Waals surface area contributed by atoms with Crippen LogP contribution in [0, 0.1) is 0 Å². The maximum atomic E-state index is 5.44. The minimum absolute atomic E-state index is 0.414. The van der Waals surface area contributed by atoms with Crippen molar-refractivity contribution in [2.24, 2.45) is 0 Å². The molecule has 3 heteroatoms. The molecule has 0 amide bonds. The van der Waals surface area contributed by atoms with E-state index in [0.717, 1.165) is 31.9 Å². The summed E-state index contributed by atoms with van der Waals surface area (Å²) < 4.78 is 5.44. The first-order valence-corrected chi connectivity index (χ1v) is 9.66. The molecule has 0 spiro atoms. The van der Waals surface area contributed by atoms with Gasteiger partial charge in [0.15, 0.2) is 0 Å². The van der Waals surface area contributed by atoms with Crippen molar-refractivity contribution in [1.82, 2.24) is 4.90 Å². The molecular weight excluding hydrogens is 320 g/mol. The number of ether oxygens (including phenoxy) is 1. The molecule has 0 radical (unpaired) electrons. The van der Waals surface area contributed by atoms with Gasteiger partial charge in [-0.1, -0.05) is 48.9 Å². The van der Waals surface area contributed by atoms with Gasteiger partial charge in [-0.15, -0.1) is 0 Å². The minimum atomic E-state index is 0.414. The third-order valence-electron chi connectivity index (χ3n) is 5.78. The maximum Gasteiger partial charge on any atom is 0.119 e. The summed E-state index contributed by atoms with van der Waals surface area (Å²) in [5.74, 6) is 1.35. The monoisotopic (exact) mass is 348 g/mol. The van der Waals surface area contributed by atoms with E-state index in [1.54, 1.807) is 12.7 Å². The first-order valence-electron chi connectivity index (χ1n) is 9.66. The van der Waals surface area contributed by atoms with Crippen molar-refractivity contribution in [2.45, 2.75) is 19.3 Å². The molecule has 26 heavy (non-hydrogen) atoms. The number of nitrogens with zero attached hydrogens (tertiary/aromatic N) is 2. The summed E-state index contributed by atoms with van der Waals surface area (Å²) in [5.41, 5.74) is 5.75. The number of anilines is 1. The van der Waals surface area contributed by atoms with Crippen LogP contribution in [-0.4, -0.2) is 44.7 Å². The van der Waals surface area contributed by atoms with Crippen LogP contribution < -0.4 is 9.64 Å². The highest BCUT2D eigenvalue weighted by Gasteiger charge is 2.30. The zero-order chi connectivity index (χ0) is 17.9. The summed E-state index contributed by atoms with van der Waals surface area (Å²) in [6.07, 6.45) is 3.63. The Kier molecular flexibility index (Phi) is 4.98. The molecule has 2 heterocycles. The summed E-state index contributed by atoms with van der Waals surface area (Å²) >= 11 is 0. The van der Waals surface area contributed by atoms with Gasteiger partial charge in [-0.05, 0) is 42.3 Å². The number of rotatable bonds is 5. The maximum absolute atomic E-state index is 5.44. The summed E-state index contributed by atoms with van der Waals surface area (Å²) in [6, 6.07) is 17.4. The molecule has 0 aromatic heterocycles. The van der Waals surface area contributed by atoms with E-state index < -0.39 is 0 Å². The SMILES string of the molecule is CCN1CC=C(CN2CC(c3cccc(OC)c3)c3ccccc32)CC1. The van der Waals surface area contributed by atoms with Crippen LogP contribution in [0.3, 0.4) is 0 Å². The van der Waals surface area contributed by atoms with Crippen molar-refractivity contribution >= 4 is 5.69 Å². The molecule has 2 aliphatic rings. The Morgan fingerprint density at radius 1 is 1.12 bits per heavy atom. The smallest absolute Gasteiger partial charge is 0.119 e. The van der Waals surface area contributed by atoms with Gasteiger partial charge in [-0.25, -0.2) is 0 Å². The van der Waals surface area contributed by atoms with E-state index in [1.807, 2.05) is 6.07 Å². The second kappa shape index (κ2) is 7.55. The molecule has 0 fully saturated rings. The summed E-state index contributed by atoms with van der Waals surface area (Å²) in [7, 11) is 1.74. The highest BCUT2D eigenvalue weighted by Crippen LogP contribution is 2.41. The molecule has 0 N–H and O–H groups in total. The molecule has 2 aromatic carbocycles. The molecule has 0 saturated carbocycles. The molecule has 3 nitrogen and oxygen atoms in total. The van der Waals surface area contributed by atoms with Crippen LogP contribution in [0.4, 0.5) is 5.69 Å². The average Bonchev–Trinajstić information content (AvgIpc) is 3.07. The van der Waals surface area contributed by atoms with Crippen molar-refractivity contribution in [3.8, 4) is 5.75 Å². The Morgan fingerprint density at radius 3 is 2.77 bits per heavy atom. The number of hydrogen-bond donors (Lipinski definition) is 0. The third-order valence-corrected chi connectivity index (χ3v) is 5.78. The van der Waals surface area contributed by atoms with Gasteiger partial charge in [-0.3, -0.25) is 4.90 Å². The van der Waals surface area contributed by atoms with Gasteiger partial charge in [0.05, 0.1) is 7.11 Å². The minimum Gasteiger partial charge on any atom is -0.497 e. The van der Waals surface area contributed by atoms with E-state index in [2.05, 4.69) is 65.3 Å². The van der Waals surface area contributed by atoms with E-state index >= 15 is 0 Å². The fourth-order valence-electron chi connectivity index (χ4n) is 4.21. The van der Waals surface area contributed by atoms with Crippen molar-refractivity contribution < 1.29 is 4.74 Å². The third kappa shape index (κ3) is 3.36. The summed E-state index contributed by atoms with van der Waals surface area (Å²) in [4.78, 5) is 5.06. The van der Waals surface area contributed by atoms with Gasteiger partial charge in [-0.2, -0.15) is 0 Å². The van der Waals surface area contributed by atoms with Crippen LogP contribution in [0.5, 0.6) is 5.75 Å². The Balaban J connectivity index is 1.58. The molecule has 2 aliphatic heterocycles. The zero-order valence-corrected chi connectivity index (χ0v) is 15.8. The fraction of sp³-hybridized carbons (Fsp3) is 0.391. The Bertz CT molecular complexity index is 798. The van der Waals surface area contributed by atoms with E-state index in [0.29, 0.717) is 5.92 Å². The van der Waals surface area contributed by atoms with Crippen molar-refractivity contribution in [1.29, 1.82) is 0 Å². The number of hydrogen-bond acceptors (Lipinski definition) is 3. The summed E-state index contributed by atoms with van der Waals surface area (Å²) in [6.45, 7) is 7.77. The lowest BCUT2D eigenvalue weighted by Gasteiger charge is -2.28. The lowest BCUT2D eigenvalue weighted by molar-refractivity contribution is 0.309. The second-order valence-corrected chi connectivity index (χ2v) is 7.27. The molecule has 136 valence electrons. The van der Waals surface area contributed by atoms with E-state index in [-0.39, 0.29) is 0 Å². The first kappa shape index (κ1) is 17.2. The fourth-order valence-corrected chi connectivity index (χ4v) is 4.21. The Labute approximate surface area is 156 Å². The Morgan fingerprint density at radius 2 is 2.00 bits per heavy atom. The van der Waals surface area contributed by atoms with Crippen LogP contribution in [0.15, 0.2) is 60.2 Å². The highest BCUT2D eigenvalue weighted by atomic mass is 16.5. The van der Waals surface area contributed by atoms with Gasteiger partial charge in [0, 0.05) is 37.8 Å². The standard InChI is InChI=1S/C23H28N2O/c1-3-24-13-11-18(12-14-24)16-25-17-22(21-9-4-5-10-23(21)25)19-7-6-8-20(15-19)26-2/h4-11,15,22H,3,12-14,16-17H2,1-2H3. The zero-order valence-electron chi connectivity index (χ0n) is 15.8. The van der Waals surface area contributed by atoms with Gasteiger partial charge >= 0.3 is 0 Å². The number of fused-ring (bicyclic) bond motifs is 1. The van der Waals surface area contributed by atoms with Gasteiger partial charge < -0.3 is 9.64 Å². The van der Waals surface area contributed by atoms with E-state index in [9.17, 15) is 0 Å². The quantitative estimate of drug-likeness (QED) is 0.749. The normalized spacial score (nSPS) is 20.0. The van der Waals surface area contributed by atoms with Gasteiger partial charge in [0.1, 0.15) is 5.75 Å². The van der Waals surface area contributed by atoms with Crippen LogP contribution in [-0.2, 0) is 0 Å². The van der Waals surface area contributed by atoms with Crippen molar-refractivity contribution in [3.05, 3.63) is 71.3 Å². The lowest BCUT2D eigenvalue weighted by Crippen LogP contribution is -2.32. The molecular formula is C23H28N2O. The molecule has 1 atom stereocenters. The number of para-hydroxylation sites is 1. The molecule has 0 bridgehead atoms. The van der Waals surface area contributed by atoms with Crippen LogP contribution in [0.1, 0.15) is 30.4 Å². The van der Waals surface area contributed by atoms with Crippen LogP contribution in [0.25, 0.3) is 0 Å². The topological polar surface area (TPSA) is 15.7 Å². The van der Waals surface area contributed by atoms with Crippen LogP contribution in [0.2, 0.25) is 0 Å². The predicted molar refractivity (Wildman–Crippen MR) is 108 cm³/mol. The summed E-state index contributed by atoms with van der Waals surface area (Å²) in [5, 5.41) is 0. The average molecular weight is 348 g/mol.